The van der Waals surface area contributed by atoms with Gasteiger partial charge >= 0.3 is 0 Å². The fraction of sp³-hybridized carbons (Fsp3) is 0.400. The third kappa shape index (κ3) is 4.17. The molecule has 1 aliphatic rings. The Balaban J connectivity index is 1.60. The van der Waals surface area contributed by atoms with Gasteiger partial charge in [0.05, 0.1) is 31.7 Å². The van der Waals surface area contributed by atoms with E-state index in [4.69, 9.17) is 9.72 Å². The second kappa shape index (κ2) is 9.58. The van der Waals surface area contributed by atoms with E-state index in [1.54, 1.807) is 15.9 Å². The van der Waals surface area contributed by atoms with E-state index in [9.17, 15) is 9.59 Å². The van der Waals surface area contributed by atoms with Crippen molar-refractivity contribution < 1.29 is 9.53 Å². The van der Waals surface area contributed by atoms with Crippen molar-refractivity contribution in [3.05, 3.63) is 62.1 Å². The van der Waals surface area contributed by atoms with E-state index < -0.39 is 0 Å². The summed E-state index contributed by atoms with van der Waals surface area (Å²) in [5.74, 6) is 0.573. The molecular formula is C25H28N4O3S2. The normalized spacial score (nSPS) is 14.8. The molecule has 0 radical (unpaired) electrons. The highest BCUT2D eigenvalue weighted by Gasteiger charge is 2.23. The van der Waals surface area contributed by atoms with Crippen molar-refractivity contribution >= 4 is 38.7 Å². The molecule has 0 aliphatic carbocycles. The van der Waals surface area contributed by atoms with Gasteiger partial charge in [0, 0.05) is 52.4 Å². The highest BCUT2D eigenvalue weighted by Crippen LogP contribution is 2.34. The molecule has 9 heteroatoms. The van der Waals surface area contributed by atoms with Crippen LogP contribution in [-0.2, 0) is 24.4 Å². The average Bonchev–Trinajstić information content (AvgIpc) is 3.56. The molecule has 0 saturated carbocycles. The standard InChI is InChI=1S/C25H28N4O3S2/c1-4-28-16(2)12-18(17(28)3)20(30)13-29-22(14-27-7-9-32-10-8-27)26-24-23(25(29)31)19(15-34-24)21-6-5-11-33-21/h5-6,11-12,15H,4,7-10,13-14H2,1-3H3. The number of aryl methyl sites for hydroxylation is 1. The van der Waals surface area contributed by atoms with Crippen LogP contribution in [0.4, 0.5) is 0 Å². The summed E-state index contributed by atoms with van der Waals surface area (Å²) in [5, 5.41) is 4.61. The smallest absolute Gasteiger partial charge is 0.263 e. The van der Waals surface area contributed by atoms with Crippen LogP contribution in [0, 0.1) is 13.8 Å². The molecule has 0 atom stereocenters. The van der Waals surface area contributed by atoms with Gasteiger partial charge in [-0.1, -0.05) is 6.07 Å². The van der Waals surface area contributed by atoms with Crippen molar-refractivity contribution in [1.82, 2.24) is 19.0 Å². The molecular weight excluding hydrogens is 468 g/mol. The number of carbonyl (C=O) groups excluding carboxylic acids is 1. The molecule has 5 heterocycles. The zero-order chi connectivity index (χ0) is 23.8. The molecule has 178 valence electrons. The molecule has 4 aromatic heterocycles. The average molecular weight is 497 g/mol. The SMILES string of the molecule is CCn1c(C)cc(C(=O)Cn2c(CN3CCOCC3)nc3scc(-c4cccs4)c3c2=O)c1C. The topological polar surface area (TPSA) is 69.4 Å². The first-order chi connectivity index (χ1) is 16.5. The number of ketones is 1. The first-order valence-electron chi connectivity index (χ1n) is 11.5. The summed E-state index contributed by atoms with van der Waals surface area (Å²) < 4.78 is 9.21. The van der Waals surface area contributed by atoms with Gasteiger partial charge in [0.25, 0.3) is 5.56 Å². The summed E-state index contributed by atoms with van der Waals surface area (Å²) in [6.07, 6.45) is 0. The van der Waals surface area contributed by atoms with Gasteiger partial charge in [-0.05, 0) is 38.3 Å². The third-order valence-corrected chi connectivity index (χ3v) is 8.30. The van der Waals surface area contributed by atoms with Gasteiger partial charge in [0.1, 0.15) is 10.7 Å². The van der Waals surface area contributed by atoms with Crippen LogP contribution < -0.4 is 5.56 Å². The lowest BCUT2D eigenvalue weighted by Gasteiger charge is -2.27. The molecule has 0 amide bonds. The van der Waals surface area contributed by atoms with E-state index >= 15 is 0 Å². The summed E-state index contributed by atoms with van der Waals surface area (Å²) in [6.45, 7) is 10.2. The Morgan fingerprint density at radius 1 is 1.18 bits per heavy atom. The minimum absolute atomic E-state index is 0.0187. The van der Waals surface area contributed by atoms with E-state index in [1.165, 1.54) is 11.3 Å². The molecule has 7 nitrogen and oxygen atoms in total. The number of nitrogens with zero attached hydrogens (tertiary/aromatic N) is 4. The highest BCUT2D eigenvalue weighted by atomic mass is 32.1. The van der Waals surface area contributed by atoms with E-state index in [0.29, 0.717) is 36.5 Å². The van der Waals surface area contributed by atoms with Crippen molar-refractivity contribution in [2.75, 3.05) is 26.3 Å². The number of hydrogen-bond acceptors (Lipinski definition) is 7. The summed E-state index contributed by atoms with van der Waals surface area (Å²) in [6, 6.07) is 5.93. The number of aromatic nitrogens is 3. The fourth-order valence-corrected chi connectivity index (χ4v) is 6.49. The number of rotatable bonds is 7. The number of Topliss-reactive ketones (excluding diaryl/α,β-unsaturated/α-hetero) is 1. The predicted molar refractivity (Wildman–Crippen MR) is 137 cm³/mol. The van der Waals surface area contributed by atoms with Crippen molar-refractivity contribution in [1.29, 1.82) is 0 Å². The molecule has 0 N–H and O–H groups in total. The maximum atomic E-state index is 13.9. The molecule has 1 fully saturated rings. The fourth-order valence-electron chi connectivity index (χ4n) is 4.72. The molecule has 4 aromatic rings. The van der Waals surface area contributed by atoms with Gasteiger partial charge < -0.3 is 9.30 Å². The number of hydrogen-bond donors (Lipinski definition) is 0. The maximum Gasteiger partial charge on any atom is 0.263 e. The van der Waals surface area contributed by atoms with Crippen LogP contribution in [0.5, 0.6) is 0 Å². The number of ether oxygens (including phenoxy) is 1. The third-order valence-electron chi connectivity index (χ3n) is 6.52. The van der Waals surface area contributed by atoms with Gasteiger partial charge in [-0.3, -0.25) is 19.1 Å². The summed E-state index contributed by atoms with van der Waals surface area (Å²) in [5.41, 5.74) is 3.42. The first kappa shape index (κ1) is 23.2. The van der Waals surface area contributed by atoms with Gasteiger partial charge in [-0.2, -0.15) is 0 Å². The van der Waals surface area contributed by atoms with Crippen LogP contribution in [0.1, 0.15) is 34.5 Å². The van der Waals surface area contributed by atoms with E-state index in [-0.39, 0.29) is 17.9 Å². The second-order valence-corrected chi connectivity index (χ2v) is 10.4. The van der Waals surface area contributed by atoms with Crippen molar-refractivity contribution in [3.8, 4) is 10.4 Å². The van der Waals surface area contributed by atoms with E-state index in [0.717, 1.165) is 46.3 Å². The number of fused-ring (bicyclic) bond motifs is 1. The Hall–Kier alpha value is -2.59. The molecule has 0 spiro atoms. The molecule has 5 rings (SSSR count). The summed E-state index contributed by atoms with van der Waals surface area (Å²) >= 11 is 3.09. The van der Waals surface area contributed by atoms with Crippen LogP contribution in [0.25, 0.3) is 20.7 Å². The minimum atomic E-state index is -0.143. The van der Waals surface area contributed by atoms with Gasteiger partial charge in [-0.25, -0.2) is 4.98 Å². The van der Waals surface area contributed by atoms with Gasteiger partial charge in [0.15, 0.2) is 5.78 Å². The molecule has 34 heavy (non-hydrogen) atoms. The molecule has 0 unspecified atom stereocenters. The monoisotopic (exact) mass is 496 g/mol. The zero-order valence-electron chi connectivity index (χ0n) is 19.7. The lowest BCUT2D eigenvalue weighted by Crippen LogP contribution is -2.38. The largest absolute Gasteiger partial charge is 0.379 e. The Labute approximate surface area is 206 Å². The minimum Gasteiger partial charge on any atom is -0.379 e. The Morgan fingerprint density at radius 2 is 1.97 bits per heavy atom. The van der Waals surface area contributed by atoms with E-state index in [2.05, 4.69) is 16.4 Å². The van der Waals surface area contributed by atoms with Crippen LogP contribution in [0.15, 0.2) is 33.8 Å². The Morgan fingerprint density at radius 3 is 2.65 bits per heavy atom. The summed E-state index contributed by atoms with van der Waals surface area (Å²) in [7, 11) is 0. The predicted octanol–water partition coefficient (Wildman–Crippen LogP) is 4.34. The first-order valence-corrected chi connectivity index (χ1v) is 13.3. The zero-order valence-corrected chi connectivity index (χ0v) is 21.3. The van der Waals surface area contributed by atoms with Gasteiger partial charge in [-0.15, -0.1) is 22.7 Å². The quantitative estimate of drug-likeness (QED) is 0.356. The van der Waals surface area contributed by atoms with Crippen LogP contribution in [0.2, 0.25) is 0 Å². The Kier molecular flexibility index (Phi) is 6.52. The number of carbonyl (C=O) groups is 1. The molecule has 1 aliphatic heterocycles. The molecule has 1 saturated heterocycles. The molecule has 0 aromatic carbocycles. The second-order valence-electron chi connectivity index (χ2n) is 8.57. The maximum absolute atomic E-state index is 13.9. The Bertz CT molecular complexity index is 1390. The van der Waals surface area contributed by atoms with Crippen molar-refractivity contribution in [2.24, 2.45) is 0 Å². The van der Waals surface area contributed by atoms with Crippen LogP contribution in [0.3, 0.4) is 0 Å². The van der Waals surface area contributed by atoms with Crippen molar-refractivity contribution in [3.63, 3.8) is 0 Å². The molecule has 0 bridgehead atoms. The van der Waals surface area contributed by atoms with Crippen LogP contribution in [-0.4, -0.2) is 51.1 Å². The highest BCUT2D eigenvalue weighted by molar-refractivity contribution is 7.18. The lowest BCUT2D eigenvalue weighted by molar-refractivity contribution is 0.0324. The van der Waals surface area contributed by atoms with Crippen LogP contribution >= 0.6 is 22.7 Å². The summed E-state index contributed by atoms with van der Waals surface area (Å²) in [4.78, 5) is 36.3. The van der Waals surface area contributed by atoms with Gasteiger partial charge in [0.2, 0.25) is 0 Å². The van der Waals surface area contributed by atoms with Crippen molar-refractivity contribution in [2.45, 2.75) is 40.4 Å². The number of thiophene rings is 2. The number of morpholine rings is 1. The van der Waals surface area contributed by atoms with E-state index in [1.807, 2.05) is 42.8 Å². The lowest BCUT2D eigenvalue weighted by atomic mass is 10.1.